The molecule has 0 spiro atoms. The fourth-order valence-corrected chi connectivity index (χ4v) is 3.04. The molecule has 23 heavy (non-hydrogen) atoms. The number of nitrogens with zero attached hydrogens (tertiary/aromatic N) is 3. The Morgan fingerprint density at radius 3 is 2.91 bits per heavy atom. The van der Waals surface area contributed by atoms with Gasteiger partial charge in [0, 0.05) is 36.6 Å². The minimum Gasteiger partial charge on any atom is -0.341 e. The van der Waals surface area contributed by atoms with Gasteiger partial charge < -0.3 is 10.6 Å². The molecule has 1 aromatic carbocycles. The highest BCUT2D eigenvalue weighted by Gasteiger charge is 2.23. The molecule has 1 aliphatic rings. The van der Waals surface area contributed by atoms with Gasteiger partial charge in [0.2, 0.25) is 5.91 Å². The summed E-state index contributed by atoms with van der Waals surface area (Å²) in [6.07, 6.45) is 2.63. The molecule has 1 fully saturated rings. The van der Waals surface area contributed by atoms with Crippen LogP contribution < -0.4 is 11.3 Å². The van der Waals surface area contributed by atoms with Crippen molar-refractivity contribution < 1.29 is 4.79 Å². The first-order chi connectivity index (χ1) is 10.5. The Hall–Kier alpha value is -1.44. The number of amides is 1. The lowest BCUT2D eigenvalue weighted by molar-refractivity contribution is -0.130. The van der Waals surface area contributed by atoms with Crippen LogP contribution in [-0.4, -0.2) is 39.5 Å². The summed E-state index contributed by atoms with van der Waals surface area (Å²) in [7, 11) is 0. The van der Waals surface area contributed by atoms with E-state index in [9.17, 15) is 9.59 Å². The van der Waals surface area contributed by atoms with Crippen molar-refractivity contribution in [1.82, 2.24) is 14.5 Å². The number of hydrogen-bond acceptors (Lipinski definition) is 4. The van der Waals surface area contributed by atoms with E-state index in [1.54, 1.807) is 17.0 Å². The van der Waals surface area contributed by atoms with Crippen LogP contribution in [-0.2, 0) is 11.3 Å². The maximum absolute atomic E-state index is 12.4. The molecule has 6 nitrogen and oxygen atoms in total. The molecule has 0 radical (unpaired) electrons. The van der Waals surface area contributed by atoms with E-state index in [1.807, 2.05) is 6.07 Å². The lowest BCUT2D eigenvalue weighted by Crippen LogP contribution is -2.33. The molecule has 1 saturated heterocycles. The minimum atomic E-state index is -0.128. The number of hydrogen-bond donors (Lipinski definition) is 1. The molecular formula is C15H18BrClN4O2. The van der Waals surface area contributed by atoms with E-state index in [2.05, 4.69) is 20.9 Å². The fourth-order valence-electron chi connectivity index (χ4n) is 2.68. The van der Waals surface area contributed by atoms with E-state index in [0.29, 0.717) is 30.5 Å². The molecule has 2 aromatic rings. The number of carbonyl (C=O) groups is 1. The molecule has 2 N–H and O–H groups in total. The van der Waals surface area contributed by atoms with Gasteiger partial charge in [0.05, 0.1) is 17.2 Å². The Morgan fingerprint density at radius 2 is 2.22 bits per heavy atom. The van der Waals surface area contributed by atoms with Crippen molar-refractivity contribution in [3.8, 4) is 0 Å². The van der Waals surface area contributed by atoms with Crippen molar-refractivity contribution in [3.05, 3.63) is 39.4 Å². The van der Waals surface area contributed by atoms with Gasteiger partial charge in [-0.05, 0) is 24.6 Å². The standard InChI is InChI=1S/C15H17BrN4O2.ClH/c16-10-1-2-13-12(7-10)15(22)20(9-18-13)6-4-14(21)19-5-3-11(17)8-19;/h1-2,7,9,11H,3-6,8,17H2;1H/t11-;/m1./s1. The molecule has 124 valence electrons. The van der Waals surface area contributed by atoms with Crippen molar-refractivity contribution in [2.24, 2.45) is 5.73 Å². The highest BCUT2D eigenvalue weighted by atomic mass is 79.9. The molecule has 1 aromatic heterocycles. The third kappa shape index (κ3) is 3.91. The van der Waals surface area contributed by atoms with Gasteiger partial charge in [-0.2, -0.15) is 0 Å². The summed E-state index contributed by atoms with van der Waals surface area (Å²) in [5.41, 5.74) is 6.33. The molecular weight excluding hydrogens is 384 g/mol. The van der Waals surface area contributed by atoms with Crippen LogP contribution in [0.15, 0.2) is 33.8 Å². The van der Waals surface area contributed by atoms with E-state index >= 15 is 0 Å². The van der Waals surface area contributed by atoms with Gasteiger partial charge in [0.15, 0.2) is 0 Å². The number of likely N-dealkylation sites (tertiary alicyclic amines) is 1. The Kier molecular flexibility index (Phi) is 5.78. The SMILES string of the molecule is Cl.N[C@@H]1CCN(C(=O)CCn2cnc3ccc(Br)cc3c2=O)C1. The maximum atomic E-state index is 12.4. The highest BCUT2D eigenvalue weighted by molar-refractivity contribution is 9.10. The van der Waals surface area contributed by atoms with Crippen LogP contribution in [0.1, 0.15) is 12.8 Å². The molecule has 0 saturated carbocycles. The van der Waals surface area contributed by atoms with Crippen LogP contribution in [0, 0.1) is 0 Å². The molecule has 0 bridgehead atoms. The average molecular weight is 402 g/mol. The van der Waals surface area contributed by atoms with Crippen molar-refractivity contribution in [2.45, 2.75) is 25.4 Å². The fraction of sp³-hybridized carbons (Fsp3) is 0.400. The van der Waals surface area contributed by atoms with Crippen LogP contribution >= 0.6 is 28.3 Å². The van der Waals surface area contributed by atoms with Gasteiger partial charge in [-0.1, -0.05) is 15.9 Å². The Morgan fingerprint density at radius 1 is 1.43 bits per heavy atom. The van der Waals surface area contributed by atoms with E-state index in [0.717, 1.165) is 10.9 Å². The minimum absolute atomic E-state index is 0. The molecule has 1 amide bonds. The van der Waals surface area contributed by atoms with E-state index in [4.69, 9.17) is 5.73 Å². The Bertz CT molecular complexity index is 780. The molecule has 0 unspecified atom stereocenters. The Balaban J connectivity index is 0.00000192. The number of fused-ring (bicyclic) bond motifs is 1. The summed E-state index contributed by atoms with van der Waals surface area (Å²) in [5.74, 6) is 0.0363. The van der Waals surface area contributed by atoms with Gasteiger partial charge in [-0.15, -0.1) is 12.4 Å². The van der Waals surface area contributed by atoms with E-state index in [1.165, 1.54) is 10.9 Å². The number of aromatic nitrogens is 2. The quantitative estimate of drug-likeness (QED) is 0.846. The second-order valence-electron chi connectivity index (χ2n) is 5.54. The second kappa shape index (κ2) is 7.42. The summed E-state index contributed by atoms with van der Waals surface area (Å²) >= 11 is 3.36. The lowest BCUT2D eigenvalue weighted by Gasteiger charge is -2.16. The summed E-state index contributed by atoms with van der Waals surface area (Å²) in [4.78, 5) is 30.6. The zero-order chi connectivity index (χ0) is 15.7. The zero-order valence-electron chi connectivity index (χ0n) is 12.4. The molecule has 1 aliphatic heterocycles. The van der Waals surface area contributed by atoms with Crippen LogP contribution in [0.2, 0.25) is 0 Å². The average Bonchev–Trinajstić information content (AvgIpc) is 2.93. The highest BCUT2D eigenvalue weighted by Crippen LogP contribution is 2.15. The lowest BCUT2D eigenvalue weighted by atomic mass is 10.2. The maximum Gasteiger partial charge on any atom is 0.261 e. The van der Waals surface area contributed by atoms with Crippen molar-refractivity contribution in [2.75, 3.05) is 13.1 Å². The first-order valence-electron chi connectivity index (χ1n) is 7.22. The smallest absolute Gasteiger partial charge is 0.261 e. The second-order valence-corrected chi connectivity index (χ2v) is 6.46. The third-order valence-corrected chi connectivity index (χ3v) is 4.42. The normalized spacial score (nSPS) is 17.3. The number of benzene rings is 1. The van der Waals surface area contributed by atoms with Gasteiger partial charge in [0.25, 0.3) is 5.56 Å². The van der Waals surface area contributed by atoms with Crippen molar-refractivity contribution in [1.29, 1.82) is 0 Å². The first-order valence-corrected chi connectivity index (χ1v) is 8.02. The Labute approximate surface area is 148 Å². The van der Waals surface area contributed by atoms with Crippen molar-refractivity contribution >= 4 is 45.1 Å². The largest absolute Gasteiger partial charge is 0.341 e. The first kappa shape index (κ1) is 17.9. The van der Waals surface area contributed by atoms with Gasteiger partial charge in [-0.3, -0.25) is 14.2 Å². The molecule has 2 heterocycles. The van der Waals surface area contributed by atoms with Crippen LogP contribution in [0.5, 0.6) is 0 Å². The number of aryl methyl sites for hydroxylation is 1. The summed E-state index contributed by atoms with van der Waals surface area (Å²) in [5, 5.41) is 0.549. The van der Waals surface area contributed by atoms with Gasteiger partial charge in [0.1, 0.15) is 0 Å². The third-order valence-electron chi connectivity index (χ3n) is 3.93. The van der Waals surface area contributed by atoms with Gasteiger partial charge in [-0.25, -0.2) is 4.98 Å². The summed E-state index contributed by atoms with van der Waals surface area (Å²) < 4.78 is 2.32. The molecule has 8 heteroatoms. The van der Waals surface area contributed by atoms with Crippen LogP contribution in [0.25, 0.3) is 10.9 Å². The van der Waals surface area contributed by atoms with Crippen molar-refractivity contribution in [3.63, 3.8) is 0 Å². The predicted molar refractivity (Wildman–Crippen MR) is 94.7 cm³/mol. The molecule has 3 rings (SSSR count). The number of carbonyl (C=O) groups excluding carboxylic acids is 1. The summed E-state index contributed by atoms with van der Waals surface area (Å²) in [6, 6.07) is 5.47. The topological polar surface area (TPSA) is 81.2 Å². The van der Waals surface area contributed by atoms with E-state index < -0.39 is 0 Å². The summed E-state index contributed by atoms with van der Waals surface area (Å²) in [6.45, 7) is 1.65. The number of nitrogens with two attached hydrogens (primary N) is 1. The zero-order valence-corrected chi connectivity index (χ0v) is 14.8. The van der Waals surface area contributed by atoms with Crippen LogP contribution in [0.4, 0.5) is 0 Å². The molecule has 1 atom stereocenters. The number of rotatable bonds is 3. The number of halogens is 2. The monoisotopic (exact) mass is 400 g/mol. The predicted octanol–water partition coefficient (Wildman–Crippen LogP) is 1.53. The molecule has 0 aliphatic carbocycles. The van der Waals surface area contributed by atoms with E-state index in [-0.39, 0.29) is 36.3 Å². The van der Waals surface area contributed by atoms with Crippen LogP contribution in [0.3, 0.4) is 0 Å². The van der Waals surface area contributed by atoms with Gasteiger partial charge >= 0.3 is 0 Å².